The number of amides is 1. The predicted molar refractivity (Wildman–Crippen MR) is 116 cm³/mol. The third kappa shape index (κ3) is 4.08. The topological polar surface area (TPSA) is 84.7 Å². The number of hydrogen-bond acceptors (Lipinski definition) is 6. The number of carbonyl (C=O) groups excluding carboxylic acids is 1. The molecule has 1 aromatic heterocycles. The number of benzene rings is 1. The normalized spacial score (nSPS) is 18.2. The van der Waals surface area contributed by atoms with Crippen LogP contribution in [0.4, 0.5) is 5.69 Å². The number of nitriles is 1. The highest BCUT2D eigenvalue weighted by Gasteiger charge is 2.33. The molecular formula is C21H24N4O3S2. The predicted octanol–water partition coefficient (Wildman–Crippen LogP) is 2.76. The molecule has 2 aromatic rings. The highest BCUT2D eigenvalue weighted by atomic mass is 32.2. The molecule has 2 fully saturated rings. The second-order valence-electron chi connectivity index (χ2n) is 7.52. The monoisotopic (exact) mass is 444 g/mol. The molecule has 0 saturated carbocycles. The van der Waals surface area contributed by atoms with Crippen molar-refractivity contribution >= 4 is 33.0 Å². The van der Waals surface area contributed by atoms with E-state index < -0.39 is 10.0 Å². The van der Waals surface area contributed by atoms with Crippen molar-refractivity contribution < 1.29 is 13.2 Å². The summed E-state index contributed by atoms with van der Waals surface area (Å²) in [4.78, 5) is 17.6. The first-order chi connectivity index (χ1) is 14.5. The van der Waals surface area contributed by atoms with E-state index >= 15 is 0 Å². The summed E-state index contributed by atoms with van der Waals surface area (Å²) in [5, 5.41) is 10.7. The standard InChI is InChI=1S/C21H24N4O3S2/c22-16-17-4-6-18(7-5-17)23-9-3-10-24(14-13-23)21(26)20-19(8-15-29-20)30(27,28)25-11-1-2-12-25/h4-8,15H,1-3,9-14H2. The van der Waals surface area contributed by atoms with Gasteiger partial charge in [0, 0.05) is 45.0 Å². The van der Waals surface area contributed by atoms with Crippen LogP contribution in [-0.4, -0.2) is 62.8 Å². The molecule has 158 valence electrons. The van der Waals surface area contributed by atoms with Crippen LogP contribution in [0.15, 0.2) is 40.6 Å². The molecule has 2 aliphatic heterocycles. The van der Waals surface area contributed by atoms with Gasteiger partial charge in [-0.3, -0.25) is 4.79 Å². The highest BCUT2D eigenvalue weighted by molar-refractivity contribution is 7.89. The molecule has 0 bridgehead atoms. The molecule has 30 heavy (non-hydrogen) atoms. The van der Waals surface area contributed by atoms with Gasteiger partial charge in [-0.25, -0.2) is 8.42 Å². The van der Waals surface area contributed by atoms with Gasteiger partial charge < -0.3 is 9.80 Å². The van der Waals surface area contributed by atoms with Crippen molar-refractivity contribution in [1.82, 2.24) is 9.21 Å². The quantitative estimate of drug-likeness (QED) is 0.724. The third-order valence-electron chi connectivity index (χ3n) is 5.65. The van der Waals surface area contributed by atoms with Gasteiger partial charge in [0.25, 0.3) is 5.91 Å². The van der Waals surface area contributed by atoms with E-state index in [2.05, 4.69) is 11.0 Å². The smallest absolute Gasteiger partial charge is 0.265 e. The summed E-state index contributed by atoms with van der Waals surface area (Å²) < 4.78 is 27.5. The lowest BCUT2D eigenvalue weighted by Gasteiger charge is -2.24. The maximum Gasteiger partial charge on any atom is 0.265 e. The number of thiophene rings is 1. The summed E-state index contributed by atoms with van der Waals surface area (Å²) in [6, 6.07) is 11.1. The Bertz CT molecular complexity index is 1050. The van der Waals surface area contributed by atoms with Gasteiger partial charge in [-0.05, 0) is 55.0 Å². The van der Waals surface area contributed by atoms with E-state index in [0.717, 1.165) is 31.5 Å². The Hall–Kier alpha value is -2.41. The molecule has 7 nitrogen and oxygen atoms in total. The number of anilines is 1. The summed E-state index contributed by atoms with van der Waals surface area (Å²) in [7, 11) is -3.62. The third-order valence-corrected chi connectivity index (χ3v) is 8.62. The van der Waals surface area contributed by atoms with Crippen molar-refractivity contribution in [2.24, 2.45) is 0 Å². The molecule has 0 aliphatic carbocycles. The SMILES string of the molecule is N#Cc1ccc(N2CCCN(C(=O)c3sccc3S(=O)(=O)N3CCCC3)CC2)cc1. The Morgan fingerprint density at radius 2 is 1.67 bits per heavy atom. The van der Waals surface area contributed by atoms with Crippen LogP contribution < -0.4 is 4.90 Å². The van der Waals surface area contributed by atoms with E-state index in [9.17, 15) is 13.2 Å². The molecule has 0 N–H and O–H groups in total. The minimum atomic E-state index is -3.62. The van der Waals surface area contributed by atoms with Gasteiger partial charge in [0.15, 0.2) is 0 Å². The molecular weight excluding hydrogens is 420 g/mol. The fraction of sp³-hybridized carbons (Fsp3) is 0.429. The van der Waals surface area contributed by atoms with E-state index in [1.165, 1.54) is 15.6 Å². The first-order valence-electron chi connectivity index (χ1n) is 10.1. The molecule has 0 unspecified atom stereocenters. The van der Waals surface area contributed by atoms with Gasteiger partial charge >= 0.3 is 0 Å². The number of hydrogen-bond donors (Lipinski definition) is 0. The number of sulfonamides is 1. The van der Waals surface area contributed by atoms with E-state index in [1.54, 1.807) is 28.5 Å². The average Bonchev–Trinajstić information content (AvgIpc) is 3.42. The Balaban J connectivity index is 1.48. The van der Waals surface area contributed by atoms with Crippen LogP contribution in [0.25, 0.3) is 0 Å². The zero-order chi connectivity index (χ0) is 21.1. The lowest BCUT2D eigenvalue weighted by molar-refractivity contribution is 0.0768. The molecule has 1 aromatic carbocycles. The molecule has 0 spiro atoms. The van der Waals surface area contributed by atoms with Crippen LogP contribution in [0.1, 0.15) is 34.5 Å². The van der Waals surface area contributed by atoms with Crippen LogP contribution in [0.2, 0.25) is 0 Å². The average molecular weight is 445 g/mol. The van der Waals surface area contributed by atoms with Crippen LogP contribution in [-0.2, 0) is 10.0 Å². The molecule has 2 saturated heterocycles. The maximum absolute atomic E-state index is 13.2. The van der Waals surface area contributed by atoms with Crippen LogP contribution in [0.5, 0.6) is 0 Å². The molecule has 3 heterocycles. The van der Waals surface area contributed by atoms with Crippen molar-refractivity contribution in [3.8, 4) is 6.07 Å². The molecule has 4 rings (SSSR count). The largest absolute Gasteiger partial charge is 0.370 e. The zero-order valence-corrected chi connectivity index (χ0v) is 18.3. The fourth-order valence-corrected chi connectivity index (χ4v) is 6.87. The summed E-state index contributed by atoms with van der Waals surface area (Å²) in [6.07, 6.45) is 2.53. The number of carbonyl (C=O) groups is 1. The van der Waals surface area contributed by atoms with Crippen LogP contribution in [0.3, 0.4) is 0 Å². The van der Waals surface area contributed by atoms with E-state index in [0.29, 0.717) is 43.2 Å². The van der Waals surface area contributed by atoms with Crippen molar-refractivity contribution in [2.75, 3.05) is 44.2 Å². The summed E-state index contributed by atoms with van der Waals surface area (Å²) in [5.41, 5.74) is 1.64. The first-order valence-corrected chi connectivity index (χ1v) is 12.4. The van der Waals surface area contributed by atoms with E-state index in [1.807, 2.05) is 12.1 Å². The van der Waals surface area contributed by atoms with Crippen molar-refractivity contribution in [3.05, 3.63) is 46.2 Å². The molecule has 0 atom stereocenters. The molecule has 2 aliphatic rings. The maximum atomic E-state index is 13.2. The Kier molecular flexibility index (Phi) is 6.09. The Morgan fingerprint density at radius 1 is 0.933 bits per heavy atom. The molecule has 1 amide bonds. The summed E-state index contributed by atoms with van der Waals surface area (Å²) in [6.45, 7) is 3.63. The lowest BCUT2D eigenvalue weighted by Crippen LogP contribution is -2.36. The molecule has 0 radical (unpaired) electrons. The van der Waals surface area contributed by atoms with Gasteiger partial charge in [-0.2, -0.15) is 9.57 Å². The summed E-state index contributed by atoms with van der Waals surface area (Å²) in [5.74, 6) is -0.204. The first kappa shape index (κ1) is 20.8. The number of rotatable bonds is 4. The fourth-order valence-electron chi connectivity index (χ4n) is 3.99. The van der Waals surface area contributed by atoms with Crippen LogP contribution >= 0.6 is 11.3 Å². The van der Waals surface area contributed by atoms with Crippen molar-refractivity contribution in [3.63, 3.8) is 0 Å². The van der Waals surface area contributed by atoms with Gasteiger partial charge in [0.05, 0.1) is 11.6 Å². The Morgan fingerprint density at radius 3 is 2.37 bits per heavy atom. The second kappa shape index (κ2) is 8.76. The minimum absolute atomic E-state index is 0.146. The number of nitrogens with zero attached hydrogens (tertiary/aromatic N) is 4. The lowest BCUT2D eigenvalue weighted by atomic mass is 10.2. The molecule has 9 heteroatoms. The van der Waals surface area contributed by atoms with Crippen LogP contribution in [0, 0.1) is 11.3 Å². The van der Waals surface area contributed by atoms with Gasteiger partial charge in [-0.15, -0.1) is 11.3 Å². The second-order valence-corrected chi connectivity index (χ2v) is 10.3. The Labute approximate surface area is 181 Å². The van der Waals surface area contributed by atoms with Gasteiger partial charge in [0.2, 0.25) is 10.0 Å². The van der Waals surface area contributed by atoms with Gasteiger partial charge in [0.1, 0.15) is 9.77 Å². The highest BCUT2D eigenvalue weighted by Crippen LogP contribution is 2.29. The van der Waals surface area contributed by atoms with Crippen molar-refractivity contribution in [1.29, 1.82) is 5.26 Å². The minimum Gasteiger partial charge on any atom is -0.370 e. The van der Waals surface area contributed by atoms with Gasteiger partial charge in [-0.1, -0.05) is 0 Å². The van der Waals surface area contributed by atoms with Crippen molar-refractivity contribution in [2.45, 2.75) is 24.2 Å². The zero-order valence-electron chi connectivity index (χ0n) is 16.7. The van der Waals surface area contributed by atoms with E-state index in [4.69, 9.17) is 5.26 Å². The van der Waals surface area contributed by atoms with E-state index in [-0.39, 0.29) is 10.8 Å². The summed E-state index contributed by atoms with van der Waals surface area (Å²) >= 11 is 1.20.